The average molecular weight is 300 g/mol. The molecule has 1 rings (SSSR count). The number of carbonyl (C=O) groups excluding carboxylic acids is 1. The van der Waals surface area contributed by atoms with Gasteiger partial charge in [0.15, 0.2) is 0 Å². The zero-order chi connectivity index (χ0) is 13.4. The Morgan fingerprint density at radius 2 is 2.58 bits per heavy atom. The van der Waals surface area contributed by atoms with E-state index >= 15 is 0 Å². The van der Waals surface area contributed by atoms with Gasteiger partial charge >= 0.3 is 5.97 Å². The van der Waals surface area contributed by atoms with Crippen LogP contribution in [0.5, 0.6) is 0 Å². The fourth-order valence-corrected chi connectivity index (χ4v) is 1.51. The van der Waals surface area contributed by atoms with Crippen LogP contribution in [-0.2, 0) is 4.74 Å². The quantitative estimate of drug-likeness (QED) is 0.590. The molecule has 0 aliphatic heterocycles. The van der Waals surface area contributed by atoms with Crippen LogP contribution in [0.4, 0.5) is 0 Å². The summed E-state index contributed by atoms with van der Waals surface area (Å²) in [6.07, 6.45) is -0.478. The molecule has 0 aromatic carbocycles. The van der Waals surface area contributed by atoms with Crippen LogP contribution in [0, 0.1) is 0 Å². The molecule has 0 amide bonds. The first kappa shape index (κ1) is 4.72. The van der Waals surface area contributed by atoms with Crippen LogP contribution in [0.3, 0.4) is 0 Å². The number of pyridine rings is 1. The minimum Gasteiger partial charge on any atom is -0.465 e. The molecule has 0 unspecified atom stereocenters. The smallest absolute Gasteiger partial charge is 0.340 e. The first-order chi connectivity index (χ1) is 7.63. The van der Waals surface area contributed by atoms with Gasteiger partial charge in [0.25, 0.3) is 0 Å². The standard InChI is InChI=1S/C7H5Br2NO2/c1-12-7(11)4-3-10-6(9)2-5(4)8/h2-3H,1H3/i1D3,2D,3D. The molecule has 0 aliphatic carbocycles. The van der Waals surface area contributed by atoms with Gasteiger partial charge < -0.3 is 4.74 Å². The van der Waals surface area contributed by atoms with Crippen LogP contribution in [0.1, 0.15) is 17.2 Å². The molecule has 1 aromatic rings. The molecule has 1 aromatic heterocycles. The average Bonchev–Trinajstić information content (AvgIpc) is 2.11. The number of carbonyl (C=O) groups is 1. The van der Waals surface area contributed by atoms with Crippen molar-refractivity contribution in [2.45, 2.75) is 0 Å². The Balaban J connectivity index is 3.24. The number of nitrogens with zero attached hydrogens (tertiary/aromatic N) is 1. The predicted octanol–water partition coefficient (Wildman–Crippen LogP) is 2.39. The zero-order valence-electron chi connectivity index (χ0n) is 10.5. The van der Waals surface area contributed by atoms with Gasteiger partial charge in [0.05, 0.1) is 19.5 Å². The summed E-state index contributed by atoms with van der Waals surface area (Å²) in [6, 6.07) is -0.168. The molecule has 64 valence electrons. The highest BCUT2D eigenvalue weighted by molar-refractivity contribution is 9.11. The van der Waals surface area contributed by atoms with Gasteiger partial charge in [-0.25, -0.2) is 9.78 Å². The lowest BCUT2D eigenvalue weighted by atomic mass is 10.3. The van der Waals surface area contributed by atoms with Crippen LogP contribution < -0.4 is 0 Å². The highest BCUT2D eigenvalue weighted by Crippen LogP contribution is 2.19. The number of ether oxygens (including phenoxy) is 1. The fourth-order valence-electron chi connectivity index (χ4n) is 0.521. The summed E-state index contributed by atoms with van der Waals surface area (Å²) in [7, 11) is -2.90. The maximum absolute atomic E-state index is 11.5. The number of methoxy groups -OCH3 is 1. The number of aromatic nitrogens is 1. The van der Waals surface area contributed by atoms with Crippen LogP contribution in [0.25, 0.3) is 0 Å². The van der Waals surface area contributed by atoms with E-state index in [1.54, 1.807) is 0 Å². The van der Waals surface area contributed by atoms with E-state index in [1.807, 2.05) is 0 Å². The van der Waals surface area contributed by atoms with Gasteiger partial charge in [0.1, 0.15) is 4.60 Å². The maximum atomic E-state index is 11.5. The summed E-state index contributed by atoms with van der Waals surface area (Å²) in [5, 5.41) is 0. The van der Waals surface area contributed by atoms with Gasteiger partial charge in [0.2, 0.25) is 0 Å². The van der Waals surface area contributed by atoms with Gasteiger partial charge in [-0.15, -0.1) is 0 Å². The zero-order valence-corrected chi connectivity index (χ0v) is 8.69. The highest BCUT2D eigenvalue weighted by atomic mass is 79.9. The monoisotopic (exact) mass is 298 g/mol. The van der Waals surface area contributed by atoms with E-state index < -0.39 is 24.7 Å². The number of halogens is 2. The van der Waals surface area contributed by atoms with Crippen LogP contribution >= 0.6 is 31.9 Å². The lowest BCUT2D eigenvalue weighted by Gasteiger charge is -2.00. The van der Waals surface area contributed by atoms with E-state index in [9.17, 15) is 4.79 Å². The molecule has 0 saturated carbocycles. The summed E-state index contributed by atoms with van der Waals surface area (Å²) in [6.45, 7) is 0. The molecule has 3 nitrogen and oxygen atoms in total. The Morgan fingerprint density at radius 3 is 3.25 bits per heavy atom. The van der Waals surface area contributed by atoms with E-state index in [2.05, 4.69) is 41.6 Å². The highest BCUT2D eigenvalue weighted by Gasteiger charge is 2.10. The van der Waals surface area contributed by atoms with E-state index in [-0.39, 0.29) is 15.1 Å². The summed E-state index contributed by atoms with van der Waals surface area (Å²) < 4.78 is 39.5. The normalized spacial score (nSPS) is 16.7. The second-order valence-electron chi connectivity index (χ2n) is 1.72. The summed E-state index contributed by atoms with van der Waals surface area (Å²) in [4.78, 5) is 15.1. The third kappa shape index (κ3) is 2.04. The van der Waals surface area contributed by atoms with Crippen molar-refractivity contribution in [3.63, 3.8) is 0 Å². The third-order valence-corrected chi connectivity index (χ3v) is 1.97. The molecule has 0 aliphatic rings. The molecule has 0 radical (unpaired) electrons. The van der Waals surface area contributed by atoms with E-state index in [0.29, 0.717) is 0 Å². The Kier molecular flexibility index (Phi) is 1.57. The Bertz CT molecular complexity index is 476. The minimum absolute atomic E-state index is 0.0429. The molecule has 5 heteroatoms. The first-order valence-electron chi connectivity index (χ1n) is 5.19. The molecule has 0 spiro atoms. The van der Waals surface area contributed by atoms with Crippen molar-refractivity contribution in [3.05, 3.63) is 26.9 Å². The topological polar surface area (TPSA) is 39.2 Å². The molecule has 0 atom stereocenters. The van der Waals surface area contributed by atoms with Crippen molar-refractivity contribution < 1.29 is 16.4 Å². The molecule has 1 heterocycles. The van der Waals surface area contributed by atoms with Crippen LogP contribution in [0.2, 0.25) is 0 Å². The van der Waals surface area contributed by atoms with Crippen molar-refractivity contribution in [1.29, 1.82) is 0 Å². The Morgan fingerprint density at radius 1 is 1.83 bits per heavy atom. The fraction of sp³-hybridized carbons (Fsp3) is 0.143. The molecule has 0 bridgehead atoms. The number of hydrogen-bond acceptors (Lipinski definition) is 3. The second kappa shape index (κ2) is 4.00. The van der Waals surface area contributed by atoms with Crippen molar-refractivity contribution in [2.75, 3.05) is 7.04 Å². The maximum Gasteiger partial charge on any atom is 0.340 e. The van der Waals surface area contributed by atoms with E-state index in [4.69, 9.17) is 6.85 Å². The first-order valence-corrected chi connectivity index (χ1v) is 4.27. The number of rotatable bonds is 1. The summed E-state index contributed by atoms with van der Waals surface area (Å²) in [5.41, 5.74) is -0.394. The van der Waals surface area contributed by atoms with E-state index in [1.165, 1.54) is 0 Å². The largest absolute Gasteiger partial charge is 0.465 e. The molecular weight excluding hydrogens is 290 g/mol. The molecule has 0 fully saturated rings. The summed E-state index contributed by atoms with van der Waals surface area (Å²) >= 11 is 5.86. The van der Waals surface area contributed by atoms with Crippen molar-refractivity contribution in [1.82, 2.24) is 4.98 Å². The van der Waals surface area contributed by atoms with Gasteiger partial charge in [-0.1, -0.05) is 0 Å². The molecule has 0 N–H and O–H groups in total. The summed E-state index contributed by atoms with van der Waals surface area (Å²) in [5.74, 6) is -1.23. The Labute approximate surface area is 93.4 Å². The van der Waals surface area contributed by atoms with Crippen molar-refractivity contribution >= 4 is 37.8 Å². The minimum atomic E-state index is -2.90. The van der Waals surface area contributed by atoms with Gasteiger partial charge in [-0.2, -0.15) is 0 Å². The van der Waals surface area contributed by atoms with Gasteiger partial charge in [-0.3, -0.25) is 0 Å². The Hall–Kier alpha value is -0.420. The second-order valence-corrected chi connectivity index (χ2v) is 3.26. The lowest BCUT2D eigenvalue weighted by Crippen LogP contribution is -2.02. The van der Waals surface area contributed by atoms with Gasteiger partial charge in [0, 0.05) is 10.6 Å². The van der Waals surface area contributed by atoms with Crippen molar-refractivity contribution in [3.8, 4) is 0 Å². The third-order valence-electron chi connectivity index (χ3n) is 0.995. The predicted molar refractivity (Wildman–Crippen MR) is 51.0 cm³/mol. The van der Waals surface area contributed by atoms with Crippen LogP contribution in [0.15, 0.2) is 21.3 Å². The molecule has 0 saturated heterocycles. The van der Waals surface area contributed by atoms with Crippen molar-refractivity contribution in [2.24, 2.45) is 0 Å². The number of hydrogen-bond donors (Lipinski definition) is 0. The molecular formula is C7H5Br2NO2. The number of esters is 1. The lowest BCUT2D eigenvalue weighted by molar-refractivity contribution is 0.0599. The van der Waals surface area contributed by atoms with E-state index in [0.717, 1.165) is 0 Å². The molecule has 12 heavy (non-hydrogen) atoms. The van der Waals surface area contributed by atoms with Gasteiger partial charge in [-0.05, 0) is 37.9 Å². The van der Waals surface area contributed by atoms with Crippen LogP contribution in [-0.4, -0.2) is 18.0 Å². The SMILES string of the molecule is [2H]c1nc(Br)c([2H])c(Br)c1C(=O)OC([2H])([2H])[2H].